The van der Waals surface area contributed by atoms with Gasteiger partial charge in [0, 0.05) is 44.1 Å². The fourth-order valence-electron chi connectivity index (χ4n) is 3.38. The van der Waals surface area contributed by atoms with Crippen LogP contribution in [-0.2, 0) is 16.1 Å². The monoisotopic (exact) mass is 388 g/mol. The molecule has 28 heavy (non-hydrogen) atoms. The van der Waals surface area contributed by atoms with Gasteiger partial charge in [-0.3, -0.25) is 9.78 Å². The van der Waals surface area contributed by atoms with Crippen molar-refractivity contribution >= 4 is 5.91 Å². The smallest absolute Gasteiger partial charge is 0.256 e. The first kappa shape index (κ1) is 20.3. The van der Waals surface area contributed by atoms with Crippen molar-refractivity contribution in [3.8, 4) is 0 Å². The lowest BCUT2D eigenvalue weighted by atomic mass is 9.90. The normalized spacial score (nSPS) is 15.0. The summed E-state index contributed by atoms with van der Waals surface area (Å²) in [5.74, 6) is 0.0546. The van der Waals surface area contributed by atoms with Gasteiger partial charge < -0.3 is 14.4 Å². The molecule has 0 atom stereocenters. The number of aromatic nitrogens is 3. The summed E-state index contributed by atoms with van der Waals surface area (Å²) in [6.45, 7) is 4.45. The number of hydrogen-bond acceptors (Lipinski definition) is 6. The average molecular weight is 388 g/mol. The standard InChI is InChI=1S/C20H25FN4O3/c1-14-23-11-16(13-28-10-9-27-2)19(24-14)15-4-7-25(8-5-15)20(26)17-3-6-22-12-18(17)21/h3,6,11-12,15H,4-5,7-10,13H2,1-2H3. The quantitative estimate of drug-likeness (QED) is 0.679. The van der Waals surface area contributed by atoms with Gasteiger partial charge in [0.25, 0.3) is 5.91 Å². The molecule has 0 unspecified atom stereocenters. The Kier molecular flexibility index (Phi) is 7.00. The Morgan fingerprint density at radius 3 is 2.79 bits per heavy atom. The molecule has 7 nitrogen and oxygen atoms in total. The molecule has 1 amide bonds. The Bertz CT molecular complexity index is 810. The number of piperidine rings is 1. The Balaban J connectivity index is 1.65. The third kappa shape index (κ3) is 4.88. The third-order valence-corrected chi connectivity index (χ3v) is 4.88. The first-order valence-corrected chi connectivity index (χ1v) is 9.38. The largest absolute Gasteiger partial charge is 0.382 e. The summed E-state index contributed by atoms with van der Waals surface area (Å²) in [7, 11) is 1.64. The van der Waals surface area contributed by atoms with Crippen molar-refractivity contribution < 1.29 is 18.7 Å². The van der Waals surface area contributed by atoms with E-state index in [4.69, 9.17) is 9.47 Å². The van der Waals surface area contributed by atoms with Crippen LogP contribution < -0.4 is 0 Å². The maximum absolute atomic E-state index is 13.9. The van der Waals surface area contributed by atoms with Crippen LogP contribution in [0.2, 0.25) is 0 Å². The molecule has 2 aromatic rings. The Morgan fingerprint density at radius 1 is 1.29 bits per heavy atom. The third-order valence-electron chi connectivity index (χ3n) is 4.88. The number of amides is 1. The zero-order valence-corrected chi connectivity index (χ0v) is 16.2. The SMILES string of the molecule is COCCOCc1cnc(C)nc1C1CCN(C(=O)c2ccncc2F)CC1. The van der Waals surface area contributed by atoms with Crippen LogP contribution in [-0.4, -0.2) is 59.2 Å². The van der Waals surface area contributed by atoms with E-state index in [1.54, 1.807) is 12.0 Å². The van der Waals surface area contributed by atoms with E-state index in [1.165, 1.54) is 12.3 Å². The summed E-state index contributed by atoms with van der Waals surface area (Å²) < 4.78 is 24.5. The number of carbonyl (C=O) groups is 1. The zero-order valence-electron chi connectivity index (χ0n) is 16.2. The second kappa shape index (κ2) is 9.66. The molecule has 150 valence electrons. The molecule has 1 aliphatic rings. The van der Waals surface area contributed by atoms with Crippen molar-refractivity contribution in [2.75, 3.05) is 33.4 Å². The van der Waals surface area contributed by atoms with E-state index in [0.29, 0.717) is 38.7 Å². The van der Waals surface area contributed by atoms with Gasteiger partial charge in [-0.15, -0.1) is 0 Å². The summed E-state index contributed by atoms with van der Waals surface area (Å²) >= 11 is 0. The summed E-state index contributed by atoms with van der Waals surface area (Å²) in [6.07, 6.45) is 5.84. The molecule has 0 saturated carbocycles. The molecule has 0 N–H and O–H groups in total. The molecular formula is C20H25FN4O3. The van der Waals surface area contributed by atoms with E-state index in [1.807, 2.05) is 13.1 Å². The lowest BCUT2D eigenvalue weighted by Gasteiger charge is -2.32. The molecule has 1 fully saturated rings. The van der Waals surface area contributed by atoms with Gasteiger partial charge in [-0.1, -0.05) is 0 Å². The Labute approximate surface area is 163 Å². The highest BCUT2D eigenvalue weighted by molar-refractivity contribution is 5.94. The fourth-order valence-corrected chi connectivity index (χ4v) is 3.38. The number of ether oxygens (including phenoxy) is 2. The number of pyridine rings is 1. The second-order valence-electron chi connectivity index (χ2n) is 6.80. The number of hydrogen-bond donors (Lipinski definition) is 0. The minimum absolute atomic E-state index is 0.0681. The molecule has 3 heterocycles. The molecule has 0 aromatic carbocycles. The van der Waals surface area contributed by atoms with Gasteiger partial charge in [-0.2, -0.15) is 0 Å². The molecule has 0 spiro atoms. The second-order valence-corrected chi connectivity index (χ2v) is 6.80. The first-order chi connectivity index (χ1) is 13.6. The summed E-state index contributed by atoms with van der Waals surface area (Å²) in [6, 6.07) is 1.42. The van der Waals surface area contributed by atoms with E-state index in [9.17, 15) is 9.18 Å². The molecule has 2 aromatic heterocycles. The van der Waals surface area contributed by atoms with Gasteiger partial charge in [-0.25, -0.2) is 14.4 Å². The van der Waals surface area contributed by atoms with Gasteiger partial charge in [0.05, 0.1) is 37.3 Å². The van der Waals surface area contributed by atoms with Crippen LogP contribution in [0.25, 0.3) is 0 Å². The predicted molar refractivity (Wildman–Crippen MR) is 100 cm³/mol. The average Bonchev–Trinajstić information content (AvgIpc) is 2.72. The number of methoxy groups -OCH3 is 1. The van der Waals surface area contributed by atoms with Crippen molar-refractivity contribution in [1.29, 1.82) is 0 Å². The van der Waals surface area contributed by atoms with E-state index < -0.39 is 5.82 Å². The van der Waals surface area contributed by atoms with Crippen molar-refractivity contribution in [3.05, 3.63) is 53.1 Å². The fraction of sp³-hybridized carbons (Fsp3) is 0.500. The van der Waals surface area contributed by atoms with Crippen LogP contribution in [0.1, 0.15) is 46.2 Å². The topological polar surface area (TPSA) is 77.4 Å². The molecule has 0 radical (unpaired) electrons. The highest BCUT2D eigenvalue weighted by atomic mass is 19.1. The van der Waals surface area contributed by atoms with Gasteiger partial charge >= 0.3 is 0 Å². The molecule has 1 saturated heterocycles. The van der Waals surface area contributed by atoms with Crippen molar-refractivity contribution in [3.63, 3.8) is 0 Å². The summed E-state index contributed by atoms with van der Waals surface area (Å²) in [5.41, 5.74) is 2.01. The van der Waals surface area contributed by atoms with Crippen LogP contribution in [0, 0.1) is 12.7 Å². The Morgan fingerprint density at radius 2 is 2.07 bits per heavy atom. The number of nitrogens with zero attached hydrogens (tertiary/aromatic N) is 4. The molecule has 8 heteroatoms. The van der Waals surface area contributed by atoms with Crippen LogP contribution in [0.4, 0.5) is 4.39 Å². The van der Waals surface area contributed by atoms with Crippen molar-refractivity contribution in [1.82, 2.24) is 19.9 Å². The minimum atomic E-state index is -0.587. The molecule has 0 bridgehead atoms. The molecule has 1 aliphatic heterocycles. The molecular weight excluding hydrogens is 363 g/mol. The number of likely N-dealkylation sites (tertiary alicyclic amines) is 1. The lowest BCUT2D eigenvalue weighted by Crippen LogP contribution is -2.38. The van der Waals surface area contributed by atoms with Crippen LogP contribution in [0.15, 0.2) is 24.7 Å². The maximum Gasteiger partial charge on any atom is 0.256 e. The number of halogens is 1. The molecule has 3 rings (SSSR count). The predicted octanol–water partition coefficient (Wildman–Crippen LogP) is 2.50. The first-order valence-electron chi connectivity index (χ1n) is 9.38. The van der Waals surface area contributed by atoms with E-state index >= 15 is 0 Å². The van der Waals surface area contributed by atoms with Gasteiger partial charge in [0.2, 0.25) is 0 Å². The maximum atomic E-state index is 13.9. The lowest BCUT2D eigenvalue weighted by molar-refractivity contribution is 0.0604. The van der Waals surface area contributed by atoms with Gasteiger partial charge in [-0.05, 0) is 25.8 Å². The summed E-state index contributed by atoms with van der Waals surface area (Å²) in [4.78, 5) is 26.9. The van der Waals surface area contributed by atoms with Crippen LogP contribution in [0.3, 0.4) is 0 Å². The van der Waals surface area contributed by atoms with Crippen LogP contribution >= 0.6 is 0 Å². The zero-order chi connectivity index (χ0) is 19.9. The number of carbonyl (C=O) groups excluding carboxylic acids is 1. The van der Waals surface area contributed by atoms with E-state index in [2.05, 4.69) is 15.0 Å². The number of aryl methyl sites for hydroxylation is 1. The van der Waals surface area contributed by atoms with Crippen molar-refractivity contribution in [2.45, 2.75) is 32.3 Å². The molecule has 0 aliphatic carbocycles. The van der Waals surface area contributed by atoms with E-state index in [0.717, 1.165) is 30.3 Å². The van der Waals surface area contributed by atoms with Crippen molar-refractivity contribution in [2.24, 2.45) is 0 Å². The highest BCUT2D eigenvalue weighted by Crippen LogP contribution is 2.30. The number of rotatable bonds is 7. The van der Waals surface area contributed by atoms with Gasteiger partial charge in [0.15, 0.2) is 5.82 Å². The van der Waals surface area contributed by atoms with Gasteiger partial charge in [0.1, 0.15) is 5.82 Å². The highest BCUT2D eigenvalue weighted by Gasteiger charge is 2.28. The van der Waals surface area contributed by atoms with Crippen LogP contribution in [0.5, 0.6) is 0 Å². The minimum Gasteiger partial charge on any atom is -0.382 e. The summed E-state index contributed by atoms with van der Waals surface area (Å²) in [5, 5.41) is 0. The van der Waals surface area contributed by atoms with E-state index in [-0.39, 0.29) is 17.4 Å². The Hall–Kier alpha value is -2.45.